The molecule has 0 unspecified atom stereocenters. The highest BCUT2D eigenvalue weighted by Crippen LogP contribution is 2.26. The quantitative estimate of drug-likeness (QED) is 0.797. The Balaban J connectivity index is 3.11. The highest BCUT2D eigenvalue weighted by atomic mass is 32.2. The molecular weight excluding hydrogens is 271 g/mol. The Morgan fingerprint density at radius 1 is 1.18 bits per heavy atom. The maximum Gasteiger partial charge on any atom is 0.573 e. The van der Waals surface area contributed by atoms with Crippen molar-refractivity contribution >= 4 is 9.84 Å². The number of benzene rings is 1. The van der Waals surface area contributed by atoms with Crippen LogP contribution in [0.15, 0.2) is 29.2 Å². The third-order valence-corrected chi connectivity index (χ3v) is 2.98. The largest absolute Gasteiger partial charge is 0.573 e. The molecule has 1 aromatic carbocycles. The summed E-state index contributed by atoms with van der Waals surface area (Å²) in [5.41, 5.74) is 0. The number of hydrogen-bond donors (Lipinski definition) is 0. The van der Waals surface area contributed by atoms with Gasteiger partial charge in [-0.1, -0.05) is 6.07 Å². The average Bonchev–Trinajstić information content (AvgIpc) is 2.15. The number of hydrogen-bond acceptors (Lipinski definition) is 3. The summed E-state index contributed by atoms with van der Waals surface area (Å²) in [6.45, 7) is 0. The molecule has 17 heavy (non-hydrogen) atoms. The van der Waals surface area contributed by atoms with Gasteiger partial charge in [-0.15, -0.1) is 13.2 Å². The van der Waals surface area contributed by atoms with Crippen LogP contribution in [0.3, 0.4) is 0 Å². The molecular formula is C8H5F5O3S. The zero-order valence-corrected chi connectivity index (χ0v) is 8.73. The monoisotopic (exact) mass is 276 g/mol. The van der Waals surface area contributed by atoms with Crippen LogP contribution in [-0.2, 0) is 9.84 Å². The molecule has 0 spiro atoms. The fraction of sp³-hybridized carbons (Fsp3) is 0.250. The Morgan fingerprint density at radius 3 is 2.24 bits per heavy atom. The van der Waals surface area contributed by atoms with E-state index >= 15 is 0 Å². The van der Waals surface area contributed by atoms with Gasteiger partial charge in [0.1, 0.15) is 5.75 Å². The standard InChI is InChI=1S/C8H5F5O3S/c9-7(10)17(14,15)6-3-1-2-5(4-6)16-8(11,12)13/h1-4,7H. The topological polar surface area (TPSA) is 43.4 Å². The van der Waals surface area contributed by atoms with Crippen molar-refractivity contribution in [1.82, 2.24) is 0 Å². The van der Waals surface area contributed by atoms with E-state index in [-0.39, 0.29) is 0 Å². The first-order chi connectivity index (χ1) is 7.63. The number of alkyl halides is 5. The average molecular weight is 276 g/mol. The minimum atomic E-state index is -5.02. The summed E-state index contributed by atoms with van der Waals surface area (Å²) in [5.74, 6) is -4.58. The van der Waals surface area contributed by atoms with Gasteiger partial charge in [-0.25, -0.2) is 8.42 Å². The van der Waals surface area contributed by atoms with E-state index in [9.17, 15) is 30.4 Å². The SMILES string of the molecule is O=S(=O)(c1cccc(OC(F)(F)F)c1)C(F)F. The number of rotatable bonds is 3. The van der Waals surface area contributed by atoms with E-state index in [1.807, 2.05) is 0 Å². The Hall–Kier alpha value is -1.38. The van der Waals surface area contributed by atoms with Gasteiger partial charge in [0.2, 0.25) is 9.84 Å². The van der Waals surface area contributed by atoms with E-state index < -0.39 is 32.6 Å². The molecule has 96 valence electrons. The van der Waals surface area contributed by atoms with E-state index in [0.717, 1.165) is 18.2 Å². The van der Waals surface area contributed by atoms with Crippen molar-refractivity contribution in [2.45, 2.75) is 17.0 Å². The third kappa shape index (κ3) is 3.55. The van der Waals surface area contributed by atoms with E-state index in [4.69, 9.17) is 0 Å². The maximum absolute atomic E-state index is 12.1. The van der Waals surface area contributed by atoms with Crippen molar-refractivity contribution in [2.24, 2.45) is 0 Å². The molecule has 0 atom stereocenters. The molecule has 1 rings (SSSR count). The number of ether oxygens (including phenoxy) is 1. The summed E-state index contributed by atoms with van der Waals surface area (Å²) < 4.78 is 85.0. The van der Waals surface area contributed by atoms with Crippen molar-refractivity contribution in [3.63, 3.8) is 0 Å². The summed E-state index contributed by atoms with van der Waals surface area (Å²) in [4.78, 5) is -0.936. The van der Waals surface area contributed by atoms with Gasteiger partial charge < -0.3 is 4.74 Å². The van der Waals surface area contributed by atoms with Gasteiger partial charge in [0.25, 0.3) is 0 Å². The first-order valence-electron chi connectivity index (χ1n) is 4.01. The van der Waals surface area contributed by atoms with Crippen molar-refractivity contribution in [3.05, 3.63) is 24.3 Å². The van der Waals surface area contributed by atoms with E-state index in [1.54, 1.807) is 0 Å². The van der Waals surface area contributed by atoms with Crippen LogP contribution in [0, 0.1) is 0 Å². The Morgan fingerprint density at radius 2 is 1.76 bits per heavy atom. The zero-order valence-electron chi connectivity index (χ0n) is 7.91. The van der Waals surface area contributed by atoms with E-state index in [2.05, 4.69) is 4.74 Å². The van der Waals surface area contributed by atoms with E-state index in [0.29, 0.717) is 6.07 Å². The van der Waals surface area contributed by atoms with Crippen LogP contribution in [0.4, 0.5) is 22.0 Å². The van der Waals surface area contributed by atoms with Crippen molar-refractivity contribution in [1.29, 1.82) is 0 Å². The molecule has 9 heteroatoms. The van der Waals surface area contributed by atoms with Crippen molar-refractivity contribution < 1.29 is 35.1 Å². The molecule has 0 aliphatic heterocycles. The molecule has 0 aliphatic carbocycles. The van der Waals surface area contributed by atoms with Crippen LogP contribution in [0.2, 0.25) is 0 Å². The molecule has 0 heterocycles. The Labute approximate surface area is 92.7 Å². The summed E-state index contributed by atoms with van der Waals surface area (Å²) >= 11 is 0. The van der Waals surface area contributed by atoms with Gasteiger partial charge >= 0.3 is 12.1 Å². The minimum absolute atomic E-state index is 0.384. The highest BCUT2D eigenvalue weighted by molar-refractivity contribution is 7.91. The van der Waals surface area contributed by atoms with Gasteiger partial charge in [-0.3, -0.25) is 0 Å². The van der Waals surface area contributed by atoms with Crippen molar-refractivity contribution in [3.8, 4) is 5.75 Å². The van der Waals surface area contributed by atoms with Gasteiger partial charge in [-0.05, 0) is 18.2 Å². The predicted octanol–water partition coefficient (Wildman–Crippen LogP) is 2.58. The number of halogens is 5. The van der Waals surface area contributed by atoms with Crippen LogP contribution in [0.25, 0.3) is 0 Å². The lowest BCUT2D eigenvalue weighted by atomic mass is 10.3. The van der Waals surface area contributed by atoms with Gasteiger partial charge in [0.15, 0.2) is 0 Å². The predicted molar refractivity (Wildman–Crippen MR) is 46.3 cm³/mol. The van der Waals surface area contributed by atoms with Crippen LogP contribution in [-0.4, -0.2) is 20.5 Å². The molecule has 0 amide bonds. The van der Waals surface area contributed by atoms with Crippen molar-refractivity contribution in [2.75, 3.05) is 0 Å². The molecule has 0 radical (unpaired) electrons. The summed E-state index contributed by atoms with van der Waals surface area (Å²) in [6, 6.07) is 2.81. The lowest BCUT2D eigenvalue weighted by molar-refractivity contribution is -0.274. The molecule has 0 saturated carbocycles. The Kier molecular flexibility index (Phi) is 3.60. The van der Waals surface area contributed by atoms with Crippen LogP contribution >= 0.6 is 0 Å². The molecule has 0 fully saturated rings. The lowest BCUT2D eigenvalue weighted by Gasteiger charge is -2.10. The number of sulfone groups is 1. The molecule has 0 saturated heterocycles. The minimum Gasteiger partial charge on any atom is -0.406 e. The highest BCUT2D eigenvalue weighted by Gasteiger charge is 2.32. The molecule has 1 aromatic rings. The molecule has 0 aromatic heterocycles. The fourth-order valence-corrected chi connectivity index (χ4v) is 1.71. The van der Waals surface area contributed by atoms with E-state index in [1.165, 1.54) is 0 Å². The molecule has 0 aliphatic rings. The fourth-order valence-electron chi connectivity index (χ4n) is 0.951. The summed E-state index contributed by atoms with van der Waals surface area (Å²) in [6.07, 6.45) is -5.02. The zero-order chi connectivity index (χ0) is 13.3. The third-order valence-electron chi connectivity index (χ3n) is 1.60. The smallest absolute Gasteiger partial charge is 0.406 e. The maximum atomic E-state index is 12.1. The van der Waals surface area contributed by atoms with Gasteiger partial charge in [0.05, 0.1) is 4.90 Å². The molecule has 3 nitrogen and oxygen atoms in total. The van der Waals surface area contributed by atoms with Gasteiger partial charge in [-0.2, -0.15) is 8.78 Å². The van der Waals surface area contributed by atoms with Crippen LogP contribution in [0.1, 0.15) is 0 Å². The molecule has 0 bridgehead atoms. The first kappa shape index (κ1) is 13.7. The first-order valence-corrected chi connectivity index (χ1v) is 5.55. The second-order valence-electron chi connectivity index (χ2n) is 2.83. The summed E-state index contributed by atoms with van der Waals surface area (Å²) in [7, 11) is -4.94. The lowest BCUT2D eigenvalue weighted by Crippen LogP contribution is -2.18. The van der Waals surface area contributed by atoms with Crippen LogP contribution < -0.4 is 4.74 Å². The van der Waals surface area contributed by atoms with Gasteiger partial charge in [0, 0.05) is 0 Å². The second kappa shape index (κ2) is 4.47. The Bertz CT molecular complexity index is 494. The second-order valence-corrected chi connectivity index (χ2v) is 4.75. The molecule has 0 N–H and O–H groups in total. The van der Waals surface area contributed by atoms with Crippen LogP contribution in [0.5, 0.6) is 5.75 Å². The summed E-state index contributed by atoms with van der Waals surface area (Å²) in [5, 5.41) is 0. The normalized spacial score (nSPS) is 12.8.